The van der Waals surface area contributed by atoms with E-state index in [2.05, 4.69) is 26.1 Å². The minimum absolute atomic E-state index is 0.0395. The second-order valence-electron chi connectivity index (χ2n) is 7.36. The molecule has 3 amide bonds. The first kappa shape index (κ1) is 17.3. The third-order valence-electron chi connectivity index (χ3n) is 3.92. The molecule has 1 aliphatic heterocycles. The van der Waals surface area contributed by atoms with Crippen LogP contribution in [0.5, 0.6) is 0 Å². The fourth-order valence-corrected chi connectivity index (χ4v) is 2.44. The summed E-state index contributed by atoms with van der Waals surface area (Å²) in [6, 6.07) is 7.58. The van der Waals surface area contributed by atoms with Gasteiger partial charge < -0.3 is 15.1 Å². The van der Waals surface area contributed by atoms with Crippen LogP contribution in [0.3, 0.4) is 0 Å². The third kappa shape index (κ3) is 4.98. The lowest BCUT2D eigenvalue weighted by atomic mass is 9.97. The zero-order valence-electron chi connectivity index (χ0n) is 14.6. The van der Waals surface area contributed by atoms with Gasteiger partial charge in [-0.1, -0.05) is 38.5 Å². The van der Waals surface area contributed by atoms with E-state index in [0.717, 1.165) is 5.56 Å². The highest BCUT2D eigenvalue weighted by atomic mass is 16.2. The molecule has 0 atom stereocenters. The van der Waals surface area contributed by atoms with Crippen LogP contribution < -0.4 is 5.32 Å². The van der Waals surface area contributed by atoms with Crippen LogP contribution in [-0.4, -0.2) is 54.5 Å². The molecule has 1 aromatic carbocycles. The number of nitrogens with one attached hydrogen (secondary N) is 1. The fourth-order valence-electron chi connectivity index (χ4n) is 2.44. The van der Waals surface area contributed by atoms with E-state index in [4.69, 9.17) is 0 Å². The number of carbonyl (C=O) groups excluding carboxylic acids is 2. The van der Waals surface area contributed by atoms with Gasteiger partial charge in [0.2, 0.25) is 0 Å². The van der Waals surface area contributed by atoms with Gasteiger partial charge in [0.15, 0.2) is 0 Å². The third-order valence-corrected chi connectivity index (χ3v) is 3.92. The van der Waals surface area contributed by atoms with Crippen molar-refractivity contribution in [1.29, 1.82) is 0 Å². The van der Waals surface area contributed by atoms with Crippen LogP contribution in [0.25, 0.3) is 0 Å². The molecular formula is C18H27N3O2. The van der Waals surface area contributed by atoms with Gasteiger partial charge in [0.25, 0.3) is 5.91 Å². The molecule has 0 saturated carbocycles. The Balaban J connectivity index is 1.84. The highest BCUT2D eigenvalue weighted by Gasteiger charge is 2.25. The first-order valence-electron chi connectivity index (χ1n) is 8.15. The number of amides is 3. The van der Waals surface area contributed by atoms with Gasteiger partial charge in [0.05, 0.1) is 0 Å². The Kier molecular flexibility index (Phi) is 5.29. The molecule has 1 N–H and O–H groups in total. The highest BCUT2D eigenvalue weighted by molar-refractivity contribution is 5.94. The number of carbonyl (C=O) groups is 2. The fraction of sp³-hybridized carbons (Fsp3) is 0.556. The van der Waals surface area contributed by atoms with Crippen molar-refractivity contribution in [2.75, 3.05) is 32.7 Å². The van der Waals surface area contributed by atoms with Gasteiger partial charge in [-0.3, -0.25) is 4.79 Å². The van der Waals surface area contributed by atoms with E-state index in [9.17, 15) is 9.59 Å². The molecule has 0 radical (unpaired) electrons. The van der Waals surface area contributed by atoms with E-state index >= 15 is 0 Å². The van der Waals surface area contributed by atoms with Crippen molar-refractivity contribution in [1.82, 2.24) is 15.1 Å². The maximum atomic E-state index is 12.5. The van der Waals surface area contributed by atoms with Crippen LogP contribution in [0, 0.1) is 12.3 Å². The zero-order chi connectivity index (χ0) is 17.0. The zero-order valence-corrected chi connectivity index (χ0v) is 14.6. The number of hydrogen-bond acceptors (Lipinski definition) is 2. The summed E-state index contributed by atoms with van der Waals surface area (Å²) in [4.78, 5) is 28.2. The number of benzene rings is 1. The summed E-state index contributed by atoms with van der Waals surface area (Å²) in [5, 5.41) is 2.96. The van der Waals surface area contributed by atoms with Crippen molar-refractivity contribution in [3.63, 3.8) is 0 Å². The van der Waals surface area contributed by atoms with Gasteiger partial charge in [-0.15, -0.1) is 0 Å². The predicted molar refractivity (Wildman–Crippen MR) is 91.5 cm³/mol. The smallest absolute Gasteiger partial charge is 0.317 e. The predicted octanol–water partition coefficient (Wildman–Crippen LogP) is 2.51. The first-order chi connectivity index (χ1) is 10.8. The van der Waals surface area contributed by atoms with Gasteiger partial charge in [-0.2, -0.15) is 0 Å². The number of nitrogens with zero attached hydrogens (tertiary/aromatic N) is 2. The molecule has 1 heterocycles. The molecule has 0 bridgehead atoms. The molecule has 2 rings (SSSR count). The minimum Gasteiger partial charge on any atom is -0.337 e. The van der Waals surface area contributed by atoms with Crippen LogP contribution in [0.4, 0.5) is 4.79 Å². The van der Waals surface area contributed by atoms with Gasteiger partial charge in [-0.05, 0) is 24.5 Å². The molecule has 23 heavy (non-hydrogen) atoms. The van der Waals surface area contributed by atoms with E-state index in [1.54, 1.807) is 4.90 Å². The summed E-state index contributed by atoms with van der Waals surface area (Å²) >= 11 is 0. The number of urea groups is 1. The molecule has 5 nitrogen and oxygen atoms in total. The second kappa shape index (κ2) is 7.02. The lowest BCUT2D eigenvalue weighted by Gasteiger charge is -2.35. The summed E-state index contributed by atoms with van der Waals surface area (Å²) in [7, 11) is 0. The Morgan fingerprint density at radius 3 is 2.04 bits per heavy atom. The number of piperazine rings is 1. The molecule has 1 fully saturated rings. The quantitative estimate of drug-likeness (QED) is 0.911. The van der Waals surface area contributed by atoms with Crippen molar-refractivity contribution in [2.45, 2.75) is 27.7 Å². The largest absolute Gasteiger partial charge is 0.337 e. The van der Waals surface area contributed by atoms with Crippen LogP contribution >= 0.6 is 0 Å². The Morgan fingerprint density at radius 1 is 1.00 bits per heavy atom. The van der Waals surface area contributed by atoms with Crippen LogP contribution in [-0.2, 0) is 0 Å². The summed E-state index contributed by atoms with van der Waals surface area (Å²) in [6.07, 6.45) is 0. The van der Waals surface area contributed by atoms with Crippen molar-refractivity contribution in [3.05, 3.63) is 35.4 Å². The van der Waals surface area contributed by atoms with Crippen molar-refractivity contribution in [2.24, 2.45) is 5.41 Å². The average Bonchev–Trinajstić information content (AvgIpc) is 2.52. The van der Waals surface area contributed by atoms with Gasteiger partial charge in [0.1, 0.15) is 0 Å². The average molecular weight is 317 g/mol. The molecule has 1 aromatic rings. The lowest BCUT2D eigenvalue weighted by molar-refractivity contribution is 0.0664. The van der Waals surface area contributed by atoms with E-state index < -0.39 is 0 Å². The van der Waals surface area contributed by atoms with E-state index in [0.29, 0.717) is 38.3 Å². The van der Waals surface area contributed by atoms with Crippen LogP contribution in [0.2, 0.25) is 0 Å². The molecule has 0 aliphatic carbocycles. The van der Waals surface area contributed by atoms with Crippen molar-refractivity contribution >= 4 is 11.9 Å². The minimum atomic E-state index is -0.0395. The van der Waals surface area contributed by atoms with Crippen molar-refractivity contribution < 1.29 is 9.59 Å². The molecule has 1 saturated heterocycles. The van der Waals surface area contributed by atoms with Gasteiger partial charge >= 0.3 is 6.03 Å². The molecule has 126 valence electrons. The summed E-state index contributed by atoms with van der Waals surface area (Å²) < 4.78 is 0. The van der Waals surface area contributed by atoms with Crippen LogP contribution in [0.15, 0.2) is 24.3 Å². The maximum absolute atomic E-state index is 12.5. The monoisotopic (exact) mass is 317 g/mol. The Bertz CT molecular complexity index is 553. The summed E-state index contributed by atoms with van der Waals surface area (Å²) in [6.45, 7) is 11.2. The number of hydrogen-bond donors (Lipinski definition) is 1. The van der Waals surface area contributed by atoms with Crippen LogP contribution in [0.1, 0.15) is 36.7 Å². The van der Waals surface area contributed by atoms with Gasteiger partial charge in [-0.25, -0.2) is 4.79 Å². The Hall–Kier alpha value is -2.04. The molecule has 0 spiro atoms. The van der Waals surface area contributed by atoms with Crippen molar-refractivity contribution in [3.8, 4) is 0 Å². The molecule has 1 aliphatic rings. The molecule has 5 heteroatoms. The van der Waals surface area contributed by atoms with E-state index in [-0.39, 0.29) is 17.4 Å². The number of aryl methyl sites for hydroxylation is 1. The normalized spacial score (nSPS) is 15.5. The Labute approximate surface area is 138 Å². The van der Waals surface area contributed by atoms with E-state index in [1.807, 2.05) is 36.1 Å². The first-order valence-corrected chi connectivity index (χ1v) is 8.15. The number of rotatable bonds is 2. The molecule has 0 unspecified atom stereocenters. The van der Waals surface area contributed by atoms with Gasteiger partial charge in [0, 0.05) is 38.3 Å². The SMILES string of the molecule is Cc1ccc(C(=O)N2CCN(C(=O)NCC(C)(C)C)CC2)cc1. The molecular weight excluding hydrogens is 290 g/mol. The highest BCUT2D eigenvalue weighted by Crippen LogP contribution is 2.12. The summed E-state index contributed by atoms with van der Waals surface area (Å²) in [5.41, 5.74) is 1.92. The molecule has 0 aromatic heterocycles. The second-order valence-corrected chi connectivity index (χ2v) is 7.36. The standard InChI is InChI=1S/C18H27N3O2/c1-14-5-7-15(8-6-14)16(22)20-9-11-21(12-10-20)17(23)19-13-18(2,3)4/h5-8H,9-13H2,1-4H3,(H,19,23). The topological polar surface area (TPSA) is 52.7 Å². The Morgan fingerprint density at radius 2 is 1.52 bits per heavy atom. The summed E-state index contributed by atoms with van der Waals surface area (Å²) in [5.74, 6) is 0.0414. The van der Waals surface area contributed by atoms with E-state index in [1.165, 1.54) is 0 Å². The lowest BCUT2D eigenvalue weighted by Crippen LogP contribution is -2.53. The maximum Gasteiger partial charge on any atom is 0.317 e.